The Hall–Kier alpha value is -2.37. The van der Waals surface area contributed by atoms with Gasteiger partial charge in [0.2, 0.25) is 5.91 Å². The van der Waals surface area contributed by atoms with Crippen molar-refractivity contribution >= 4 is 23.5 Å². The molecule has 0 aliphatic carbocycles. The molecule has 0 fully saturated rings. The van der Waals surface area contributed by atoms with E-state index in [2.05, 4.69) is 10.6 Å². The lowest BCUT2D eigenvalue weighted by molar-refractivity contribution is -0.139. The molecule has 0 heterocycles. The number of carboxylic acids is 1. The summed E-state index contributed by atoms with van der Waals surface area (Å²) in [4.78, 5) is 35.8. The number of carboxylic acid groups (broad SMARTS) is 1. The molecule has 1 unspecified atom stereocenters. The standard InChI is InChI=1S/C21H32N2O4/c1-13(2)11-18(24)22-16-8-7-15(12-14(16)3)19(25)23-17(20(26)27)9-10-21(4,5)6/h7-8,12-13,17H,9-11H2,1-6H3,(H,22,24)(H,23,25)(H,26,27). The van der Waals surface area contributed by atoms with Gasteiger partial charge in [0.05, 0.1) is 0 Å². The van der Waals surface area contributed by atoms with E-state index in [0.29, 0.717) is 30.5 Å². The summed E-state index contributed by atoms with van der Waals surface area (Å²) in [6, 6.07) is 3.99. The Morgan fingerprint density at radius 3 is 2.26 bits per heavy atom. The van der Waals surface area contributed by atoms with Gasteiger partial charge in [0.1, 0.15) is 6.04 Å². The maximum Gasteiger partial charge on any atom is 0.326 e. The lowest BCUT2D eigenvalue weighted by Gasteiger charge is -2.21. The molecule has 1 rings (SSSR count). The van der Waals surface area contributed by atoms with E-state index in [1.165, 1.54) is 0 Å². The Balaban J connectivity index is 2.80. The summed E-state index contributed by atoms with van der Waals surface area (Å²) in [5, 5.41) is 14.8. The molecule has 2 amide bonds. The summed E-state index contributed by atoms with van der Waals surface area (Å²) in [5.41, 5.74) is 1.77. The normalized spacial score (nSPS) is 12.6. The van der Waals surface area contributed by atoms with Crippen molar-refractivity contribution in [1.82, 2.24) is 5.32 Å². The first-order valence-electron chi connectivity index (χ1n) is 9.33. The largest absolute Gasteiger partial charge is 0.480 e. The Kier molecular flexibility index (Phi) is 8.00. The number of hydrogen-bond donors (Lipinski definition) is 3. The zero-order valence-electron chi connectivity index (χ0n) is 17.2. The van der Waals surface area contributed by atoms with Crippen LogP contribution in [0.15, 0.2) is 18.2 Å². The highest BCUT2D eigenvalue weighted by Crippen LogP contribution is 2.22. The van der Waals surface area contributed by atoms with Gasteiger partial charge in [-0.25, -0.2) is 4.79 Å². The maximum atomic E-state index is 12.5. The quantitative estimate of drug-likeness (QED) is 0.639. The van der Waals surface area contributed by atoms with Crippen LogP contribution in [0.1, 0.15) is 69.8 Å². The third-order valence-corrected chi connectivity index (χ3v) is 4.14. The van der Waals surface area contributed by atoms with Gasteiger partial charge in [-0.05, 0) is 54.9 Å². The van der Waals surface area contributed by atoms with Crippen LogP contribution in [0.25, 0.3) is 0 Å². The van der Waals surface area contributed by atoms with Gasteiger partial charge in [0, 0.05) is 17.7 Å². The van der Waals surface area contributed by atoms with Gasteiger partial charge in [0.25, 0.3) is 5.91 Å². The Morgan fingerprint density at radius 2 is 1.78 bits per heavy atom. The van der Waals surface area contributed by atoms with Crippen molar-refractivity contribution in [3.8, 4) is 0 Å². The first-order chi connectivity index (χ1) is 12.4. The lowest BCUT2D eigenvalue weighted by Crippen LogP contribution is -2.41. The highest BCUT2D eigenvalue weighted by atomic mass is 16.4. The SMILES string of the molecule is Cc1cc(C(=O)NC(CCC(C)(C)C)C(=O)O)ccc1NC(=O)CC(C)C. The predicted octanol–water partition coefficient (Wildman–Crippen LogP) is 3.99. The molecule has 0 radical (unpaired) electrons. The smallest absolute Gasteiger partial charge is 0.326 e. The second-order valence-corrected chi connectivity index (χ2v) is 8.64. The van der Waals surface area contributed by atoms with E-state index >= 15 is 0 Å². The molecule has 0 saturated carbocycles. The van der Waals surface area contributed by atoms with Crippen molar-refractivity contribution in [2.24, 2.45) is 11.3 Å². The Morgan fingerprint density at radius 1 is 1.15 bits per heavy atom. The van der Waals surface area contributed by atoms with Gasteiger partial charge in [0.15, 0.2) is 0 Å². The molecule has 150 valence electrons. The first-order valence-corrected chi connectivity index (χ1v) is 9.33. The third kappa shape index (κ3) is 8.24. The Bertz CT molecular complexity index is 690. The number of carbonyl (C=O) groups is 3. The fourth-order valence-electron chi connectivity index (χ4n) is 2.59. The number of anilines is 1. The zero-order chi connectivity index (χ0) is 20.8. The minimum atomic E-state index is -1.04. The van der Waals surface area contributed by atoms with Gasteiger partial charge in [-0.3, -0.25) is 9.59 Å². The minimum absolute atomic E-state index is 0.00907. The third-order valence-electron chi connectivity index (χ3n) is 4.14. The van der Waals surface area contributed by atoms with Crippen molar-refractivity contribution in [1.29, 1.82) is 0 Å². The van der Waals surface area contributed by atoms with Crippen LogP contribution in [0.3, 0.4) is 0 Å². The highest BCUT2D eigenvalue weighted by Gasteiger charge is 2.23. The average Bonchev–Trinajstić information content (AvgIpc) is 2.51. The van der Waals surface area contributed by atoms with Crippen LogP contribution in [0.4, 0.5) is 5.69 Å². The minimum Gasteiger partial charge on any atom is -0.480 e. The highest BCUT2D eigenvalue weighted by molar-refractivity contribution is 5.98. The molecule has 6 nitrogen and oxygen atoms in total. The van der Waals surface area contributed by atoms with Crippen LogP contribution >= 0.6 is 0 Å². The summed E-state index contributed by atoms with van der Waals surface area (Å²) < 4.78 is 0. The Labute approximate surface area is 161 Å². The van der Waals surface area contributed by atoms with E-state index in [-0.39, 0.29) is 17.2 Å². The van der Waals surface area contributed by atoms with Crippen molar-refractivity contribution in [2.45, 2.75) is 66.8 Å². The molecule has 0 aromatic heterocycles. The molecular weight excluding hydrogens is 344 g/mol. The van der Waals surface area contributed by atoms with Crippen LogP contribution in [-0.2, 0) is 9.59 Å². The van der Waals surface area contributed by atoms with Crippen LogP contribution in [0, 0.1) is 18.3 Å². The molecule has 0 bridgehead atoms. The van der Waals surface area contributed by atoms with E-state index in [1.54, 1.807) is 25.1 Å². The molecule has 0 aliphatic heterocycles. The van der Waals surface area contributed by atoms with Crippen LogP contribution < -0.4 is 10.6 Å². The second-order valence-electron chi connectivity index (χ2n) is 8.64. The van der Waals surface area contributed by atoms with Crippen LogP contribution in [0.2, 0.25) is 0 Å². The average molecular weight is 376 g/mol. The van der Waals surface area contributed by atoms with E-state index < -0.39 is 17.9 Å². The second kappa shape index (κ2) is 9.53. The summed E-state index contributed by atoms with van der Waals surface area (Å²) in [6.07, 6.45) is 1.48. The number of rotatable bonds is 8. The summed E-state index contributed by atoms with van der Waals surface area (Å²) in [6.45, 7) is 11.8. The number of carbonyl (C=O) groups excluding carboxylic acids is 2. The fraction of sp³-hybridized carbons (Fsp3) is 0.571. The van der Waals surface area contributed by atoms with Gasteiger partial charge in [-0.15, -0.1) is 0 Å². The summed E-state index contributed by atoms with van der Waals surface area (Å²) in [5.74, 6) is -1.28. The van der Waals surface area contributed by atoms with E-state index in [4.69, 9.17) is 0 Å². The number of hydrogen-bond acceptors (Lipinski definition) is 3. The molecule has 0 spiro atoms. The number of benzene rings is 1. The lowest BCUT2D eigenvalue weighted by atomic mass is 9.88. The summed E-state index contributed by atoms with van der Waals surface area (Å²) >= 11 is 0. The topological polar surface area (TPSA) is 95.5 Å². The molecule has 1 aromatic rings. The number of aliphatic carboxylic acids is 1. The molecule has 1 atom stereocenters. The van der Waals surface area contributed by atoms with E-state index in [0.717, 1.165) is 5.56 Å². The van der Waals surface area contributed by atoms with Gasteiger partial charge >= 0.3 is 5.97 Å². The van der Waals surface area contributed by atoms with Crippen LogP contribution in [0.5, 0.6) is 0 Å². The summed E-state index contributed by atoms with van der Waals surface area (Å²) in [7, 11) is 0. The fourth-order valence-corrected chi connectivity index (χ4v) is 2.59. The van der Waals surface area contributed by atoms with Gasteiger partial charge in [-0.2, -0.15) is 0 Å². The van der Waals surface area contributed by atoms with Crippen molar-refractivity contribution < 1.29 is 19.5 Å². The zero-order valence-corrected chi connectivity index (χ0v) is 17.2. The predicted molar refractivity (Wildman–Crippen MR) is 107 cm³/mol. The maximum absolute atomic E-state index is 12.5. The van der Waals surface area contributed by atoms with E-state index in [9.17, 15) is 19.5 Å². The van der Waals surface area contributed by atoms with Crippen molar-refractivity contribution in [3.05, 3.63) is 29.3 Å². The van der Waals surface area contributed by atoms with E-state index in [1.807, 2.05) is 34.6 Å². The number of amides is 2. The molecule has 3 N–H and O–H groups in total. The van der Waals surface area contributed by atoms with Gasteiger partial charge in [-0.1, -0.05) is 34.6 Å². The number of nitrogens with one attached hydrogen (secondary N) is 2. The first kappa shape index (κ1) is 22.7. The molecule has 0 saturated heterocycles. The molecule has 6 heteroatoms. The molecular formula is C21H32N2O4. The molecule has 1 aromatic carbocycles. The van der Waals surface area contributed by atoms with Crippen molar-refractivity contribution in [3.63, 3.8) is 0 Å². The van der Waals surface area contributed by atoms with Gasteiger partial charge < -0.3 is 15.7 Å². The molecule has 0 aliphatic rings. The van der Waals surface area contributed by atoms with Crippen LogP contribution in [-0.4, -0.2) is 28.9 Å². The monoisotopic (exact) mass is 376 g/mol. The molecule has 27 heavy (non-hydrogen) atoms. The number of aryl methyl sites for hydroxylation is 1. The van der Waals surface area contributed by atoms with Crippen molar-refractivity contribution in [2.75, 3.05) is 5.32 Å².